The third-order valence-electron chi connectivity index (χ3n) is 1.11. The van der Waals surface area contributed by atoms with Crippen LogP contribution >= 0.6 is 0 Å². The van der Waals surface area contributed by atoms with Crippen molar-refractivity contribution < 1.29 is 13.6 Å². The van der Waals surface area contributed by atoms with Gasteiger partial charge >= 0.3 is 11.8 Å². The Kier molecular flexibility index (Phi) is 1.72. The number of rotatable bonds is 1. The van der Waals surface area contributed by atoms with Crippen LogP contribution in [0.5, 0.6) is 0 Å². The van der Waals surface area contributed by atoms with Crippen LogP contribution in [0.15, 0.2) is 18.7 Å². The first-order chi connectivity index (χ1) is 5.02. The Bertz CT molecular complexity index is 250. The summed E-state index contributed by atoms with van der Waals surface area (Å²) in [5, 5.41) is 0. The Hall–Kier alpha value is -1.26. The van der Waals surface area contributed by atoms with Gasteiger partial charge in [0.05, 0.1) is 0 Å². The third kappa shape index (κ3) is 1.60. The molecule has 1 aromatic heterocycles. The van der Waals surface area contributed by atoms with E-state index < -0.39 is 11.8 Å². The van der Waals surface area contributed by atoms with E-state index in [1.807, 2.05) is 0 Å². The van der Waals surface area contributed by atoms with Crippen LogP contribution in [0.4, 0.5) is 8.78 Å². The molecule has 0 saturated heterocycles. The molecule has 0 radical (unpaired) electrons. The molecule has 0 aromatic carbocycles. The summed E-state index contributed by atoms with van der Waals surface area (Å²) in [6, 6.07) is 0. The minimum Gasteiger partial charge on any atom is -0.271 e. The second-order valence-corrected chi connectivity index (χ2v) is 2.16. The highest BCUT2D eigenvalue weighted by Crippen LogP contribution is 2.13. The molecule has 60 valence electrons. The number of hydrogen-bond donors (Lipinski definition) is 0. The minimum atomic E-state index is -3.33. The summed E-state index contributed by atoms with van der Waals surface area (Å²) in [6.45, 7) is 0.551. The van der Waals surface area contributed by atoms with E-state index in [2.05, 4.69) is 4.98 Å². The first-order valence-corrected chi connectivity index (χ1v) is 2.92. The smallest absolute Gasteiger partial charge is 0.271 e. The topological polar surface area (TPSA) is 34.9 Å². The second kappa shape index (κ2) is 2.41. The average molecular weight is 160 g/mol. The lowest BCUT2D eigenvalue weighted by Gasteiger charge is -2.07. The number of hydrogen-bond acceptors (Lipinski definition) is 2. The summed E-state index contributed by atoms with van der Waals surface area (Å²) in [6.07, 6.45) is 3.49. The molecule has 5 heteroatoms. The molecule has 0 spiro atoms. The van der Waals surface area contributed by atoms with E-state index in [1.165, 1.54) is 12.4 Å². The van der Waals surface area contributed by atoms with Gasteiger partial charge in [-0.05, 0) is 0 Å². The highest BCUT2D eigenvalue weighted by molar-refractivity contribution is 5.85. The van der Waals surface area contributed by atoms with Crippen LogP contribution in [0.3, 0.4) is 0 Å². The van der Waals surface area contributed by atoms with Crippen LogP contribution < -0.4 is 0 Å². The van der Waals surface area contributed by atoms with Crippen molar-refractivity contribution in [3.05, 3.63) is 18.7 Å². The first kappa shape index (κ1) is 7.84. The van der Waals surface area contributed by atoms with Crippen LogP contribution in [0.25, 0.3) is 0 Å². The van der Waals surface area contributed by atoms with Gasteiger partial charge in [0.25, 0.3) is 0 Å². The van der Waals surface area contributed by atoms with Gasteiger partial charge in [-0.15, -0.1) is 0 Å². The summed E-state index contributed by atoms with van der Waals surface area (Å²) < 4.78 is 25.3. The fourth-order valence-corrected chi connectivity index (χ4v) is 0.606. The van der Waals surface area contributed by atoms with E-state index in [0.717, 1.165) is 10.9 Å². The van der Waals surface area contributed by atoms with Gasteiger partial charge in [0, 0.05) is 19.3 Å². The highest BCUT2D eigenvalue weighted by atomic mass is 19.3. The second-order valence-electron chi connectivity index (χ2n) is 2.16. The molecule has 0 saturated carbocycles. The van der Waals surface area contributed by atoms with E-state index in [4.69, 9.17) is 0 Å². The van der Waals surface area contributed by atoms with Crippen LogP contribution in [-0.4, -0.2) is 21.4 Å². The van der Waals surface area contributed by atoms with Crippen molar-refractivity contribution in [1.29, 1.82) is 0 Å². The molecule has 0 aliphatic heterocycles. The number of aromatic nitrogens is 2. The summed E-state index contributed by atoms with van der Waals surface area (Å²) in [5.74, 6) is -4.60. The SMILES string of the molecule is CC(F)(F)C(=O)n1ccnc1. The minimum absolute atomic E-state index is 0.551. The molecule has 0 aliphatic rings. The Balaban J connectivity index is 2.88. The fraction of sp³-hybridized carbons (Fsp3) is 0.333. The van der Waals surface area contributed by atoms with Gasteiger partial charge < -0.3 is 0 Å². The quantitative estimate of drug-likeness (QED) is 0.618. The van der Waals surface area contributed by atoms with Crippen molar-refractivity contribution in [1.82, 2.24) is 9.55 Å². The fourth-order valence-electron chi connectivity index (χ4n) is 0.606. The molecule has 0 unspecified atom stereocenters. The van der Waals surface area contributed by atoms with Crippen LogP contribution in [0.2, 0.25) is 0 Å². The zero-order chi connectivity index (χ0) is 8.48. The number of alkyl halides is 2. The van der Waals surface area contributed by atoms with E-state index in [0.29, 0.717) is 6.92 Å². The molecule has 1 heterocycles. The Morgan fingerprint density at radius 2 is 2.27 bits per heavy atom. The highest BCUT2D eigenvalue weighted by Gasteiger charge is 2.33. The molecule has 0 atom stereocenters. The number of carbonyl (C=O) groups excluding carboxylic acids is 1. The summed E-state index contributed by atoms with van der Waals surface area (Å²) in [5.41, 5.74) is 0. The maximum absolute atomic E-state index is 12.3. The summed E-state index contributed by atoms with van der Waals surface area (Å²) in [4.78, 5) is 14.2. The van der Waals surface area contributed by atoms with Crippen molar-refractivity contribution in [2.75, 3.05) is 0 Å². The zero-order valence-electron chi connectivity index (χ0n) is 5.79. The standard InChI is InChI=1S/C6H6F2N2O/c1-6(7,8)5(11)10-3-2-9-4-10/h2-4H,1H3. The Morgan fingerprint density at radius 3 is 2.64 bits per heavy atom. The zero-order valence-corrected chi connectivity index (χ0v) is 5.79. The van der Waals surface area contributed by atoms with Crippen molar-refractivity contribution in [3.8, 4) is 0 Å². The lowest BCUT2D eigenvalue weighted by atomic mass is 10.3. The predicted octanol–water partition coefficient (Wildman–Crippen LogP) is 1.18. The maximum atomic E-state index is 12.3. The number of imidazole rings is 1. The first-order valence-electron chi connectivity index (χ1n) is 2.92. The molecular formula is C6H6F2N2O. The summed E-state index contributed by atoms with van der Waals surface area (Å²) >= 11 is 0. The molecule has 0 fully saturated rings. The summed E-state index contributed by atoms with van der Waals surface area (Å²) in [7, 11) is 0. The van der Waals surface area contributed by atoms with E-state index in [-0.39, 0.29) is 0 Å². The lowest BCUT2D eigenvalue weighted by molar-refractivity contribution is 0.0128. The van der Waals surface area contributed by atoms with Gasteiger partial charge in [-0.1, -0.05) is 0 Å². The molecule has 0 N–H and O–H groups in total. The number of carbonyl (C=O) groups is 1. The average Bonchev–Trinajstić information content (AvgIpc) is 2.34. The Morgan fingerprint density at radius 1 is 1.64 bits per heavy atom. The molecule has 3 nitrogen and oxygen atoms in total. The lowest BCUT2D eigenvalue weighted by Crippen LogP contribution is -2.29. The van der Waals surface area contributed by atoms with E-state index in [1.54, 1.807) is 0 Å². The van der Waals surface area contributed by atoms with Gasteiger partial charge in [-0.2, -0.15) is 8.78 Å². The Labute approximate surface area is 61.7 Å². The van der Waals surface area contributed by atoms with Gasteiger partial charge in [0.1, 0.15) is 6.33 Å². The van der Waals surface area contributed by atoms with Crippen molar-refractivity contribution in [2.24, 2.45) is 0 Å². The predicted molar refractivity (Wildman–Crippen MR) is 33.5 cm³/mol. The van der Waals surface area contributed by atoms with E-state index in [9.17, 15) is 13.6 Å². The van der Waals surface area contributed by atoms with Crippen molar-refractivity contribution in [3.63, 3.8) is 0 Å². The largest absolute Gasteiger partial charge is 0.322 e. The number of nitrogens with zero attached hydrogens (tertiary/aromatic N) is 2. The van der Waals surface area contributed by atoms with Crippen molar-refractivity contribution >= 4 is 5.91 Å². The van der Waals surface area contributed by atoms with Gasteiger partial charge in [-0.25, -0.2) is 4.98 Å². The van der Waals surface area contributed by atoms with E-state index >= 15 is 0 Å². The van der Waals surface area contributed by atoms with Crippen LogP contribution in [-0.2, 0) is 0 Å². The molecule has 1 rings (SSSR count). The molecule has 0 amide bonds. The molecule has 1 aromatic rings. The van der Waals surface area contributed by atoms with Gasteiger partial charge in [0.15, 0.2) is 0 Å². The van der Waals surface area contributed by atoms with Gasteiger partial charge in [-0.3, -0.25) is 9.36 Å². The van der Waals surface area contributed by atoms with Crippen LogP contribution in [0.1, 0.15) is 11.7 Å². The molecular weight excluding hydrogens is 154 g/mol. The van der Waals surface area contributed by atoms with Crippen LogP contribution in [0, 0.1) is 0 Å². The molecule has 11 heavy (non-hydrogen) atoms. The maximum Gasteiger partial charge on any atom is 0.322 e. The normalized spacial score (nSPS) is 11.5. The monoisotopic (exact) mass is 160 g/mol. The molecule has 0 bridgehead atoms. The molecule has 0 aliphatic carbocycles. The van der Waals surface area contributed by atoms with Crippen molar-refractivity contribution in [2.45, 2.75) is 12.8 Å². The number of halogens is 2. The van der Waals surface area contributed by atoms with Gasteiger partial charge in [0.2, 0.25) is 0 Å². The third-order valence-corrected chi connectivity index (χ3v) is 1.11.